The molecule has 1 N–H and O–H groups in total. The molecule has 0 aromatic carbocycles. The van der Waals surface area contributed by atoms with Gasteiger partial charge < -0.3 is 10.0 Å². The number of nitrogens with zero attached hydrogens (tertiary/aromatic N) is 1. The number of hydrogen-bond acceptors (Lipinski definition) is 2. The average Bonchev–Trinajstić information content (AvgIpc) is 2.35. The molecule has 2 fully saturated rings. The molecule has 0 aromatic rings. The number of aliphatic hydroxyl groups is 1. The van der Waals surface area contributed by atoms with Crippen molar-refractivity contribution in [1.82, 2.24) is 4.90 Å². The minimum Gasteiger partial charge on any atom is -0.391 e. The van der Waals surface area contributed by atoms with Crippen molar-refractivity contribution in [1.29, 1.82) is 0 Å². The Morgan fingerprint density at radius 2 is 1.79 bits per heavy atom. The maximum absolute atomic E-state index is 10.4. The van der Waals surface area contributed by atoms with E-state index in [1.807, 2.05) is 0 Å². The summed E-state index contributed by atoms with van der Waals surface area (Å²) in [6.07, 6.45) is 2.32. The second kappa shape index (κ2) is 2.73. The summed E-state index contributed by atoms with van der Waals surface area (Å²) < 4.78 is 0. The molecule has 2 nitrogen and oxygen atoms in total. The topological polar surface area (TPSA) is 23.5 Å². The lowest BCUT2D eigenvalue weighted by Crippen LogP contribution is -2.46. The van der Waals surface area contributed by atoms with E-state index in [1.54, 1.807) is 0 Å². The summed E-state index contributed by atoms with van der Waals surface area (Å²) in [7, 11) is 4.18. The van der Waals surface area contributed by atoms with Crippen molar-refractivity contribution in [2.75, 3.05) is 14.1 Å². The minimum atomic E-state index is -0.147. The standard InChI is InChI=1S/C12H23NO/c1-11(2)8-6-7-12(11,3)10(14)9(8)13(4)5/h8-10,14H,6-7H2,1-5H3/t8?,9?,10-,12?/m1/s1. The minimum absolute atomic E-state index is 0.132. The maximum atomic E-state index is 10.4. The fourth-order valence-electron chi connectivity index (χ4n) is 3.93. The van der Waals surface area contributed by atoms with Crippen LogP contribution in [0.25, 0.3) is 0 Å². The van der Waals surface area contributed by atoms with Crippen LogP contribution in [0.5, 0.6) is 0 Å². The molecule has 0 heterocycles. The first-order chi connectivity index (χ1) is 6.32. The zero-order valence-electron chi connectivity index (χ0n) is 10.0. The van der Waals surface area contributed by atoms with Crippen LogP contribution in [0.4, 0.5) is 0 Å². The van der Waals surface area contributed by atoms with E-state index in [1.165, 1.54) is 12.8 Å². The van der Waals surface area contributed by atoms with Crippen molar-refractivity contribution in [3.05, 3.63) is 0 Å². The van der Waals surface area contributed by atoms with Crippen LogP contribution in [0.2, 0.25) is 0 Å². The van der Waals surface area contributed by atoms with Gasteiger partial charge in [0, 0.05) is 11.5 Å². The smallest absolute Gasteiger partial charge is 0.0756 e. The van der Waals surface area contributed by atoms with Gasteiger partial charge in [0.05, 0.1) is 6.10 Å². The Labute approximate surface area is 87.3 Å². The number of aliphatic hydroxyl groups excluding tert-OH is 1. The van der Waals surface area contributed by atoms with Crippen LogP contribution in [-0.2, 0) is 0 Å². The van der Waals surface area contributed by atoms with E-state index in [0.717, 1.165) is 0 Å². The first-order valence-corrected chi connectivity index (χ1v) is 5.67. The Morgan fingerprint density at radius 3 is 2.07 bits per heavy atom. The number of likely N-dealkylation sites (N-methyl/N-ethyl adjacent to an activating group) is 1. The highest BCUT2D eigenvalue weighted by atomic mass is 16.3. The van der Waals surface area contributed by atoms with E-state index < -0.39 is 0 Å². The number of hydrogen-bond donors (Lipinski definition) is 1. The molecule has 2 bridgehead atoms. The molecular weight excluding hydrogens is 174 g/mol. The van der Waals surface area contributed by atoms with Gasteiger partial charge in [-0.25, -0.2) is 0 Å². The molecule has 2 aliphatic carbocycles. The van der Waals surface area contributed by atoms with Crippen molar-refractivity contribution < 1.29 is 5.11 Å². The molecule has 0 aliphatic heterocycles. The Kier molecular flexibility index (Phi) is 2.04. The van der Waals surface area contributed by atoms with Crippen molar-refractivity contribution in [2.45, 2.75) is 45.8 Å². The molecule has 0 radical (unpaired) electrons. The highest BCUT2D eigenvalue weighted by Crippen LogP contribution is 2.66. The average molecular weight is 197 g/mol. The second-order valence-electron chi connectivity index (χ2n) is 6.18. The van der Waals surface area contributed by atoms with Crippen LogP contribution in [0.3, 0.4) is 0 Å². The van der Waals surface area contributed by atoms with Gasteiger partial charge in [0.15, 0.2) is 0 Å². The second-order valence-corrected chi connectivity index (χ2v) is 6.18. The largest absolute Gasteiger partial charge is 0.391 e. The van der Waals surface area contributed by atoms with Gasteiger partial charge in [0.2, 0.25) is 0 Å². The summed E-state index contributed by atoms with van der Waals surface area (Å²) in [6.45, 7) is 6.93. The quantitative estimate of drug-likeness (QED) is 0.692. The lowest BCUT2D eigenvalue weighted by Gasteiger charge is -2.38. The summed E-state index contributed by atoms with van der Waals surface area (Å²) in [5, 5.41) is 10.4. The van der Waals surface area contributed by atoms with Gasteiger partial charge >= 0.3 is 0 Å². The molecule has 4 atom stereocenters. The van der Waals surface area contributed by atoms with Crippen LogP contribution in [0.15, 0.2) is 0 Å². The molecule has 0 saturated heterocycles. The van der Waals surface area contributed by atoms with E-state index in [2.05, 4.69) is 39.8 Å². The molecule has 0 aromatic heterocycles. The fraction of sp³-hybridized carbons (Fsp3) is 1.00. The Hall–Kier alpha value is -0.0800. The predicted molar refractivity (Wildman–Crippen MR) is 58.1 cm³/mol. The van der Waals surface area contributed by atoms with Crippen LogP contribution in [-0.4, -0.2) is 36.2 Å². The Bertz CT molecular complexity index is 249. The molecule has 2 saturated carbocycles. The first-order valence-electron chi connectivity index (χ1n) is 5.67. The van der Waals surface area contributed by atoms with Crippen LogP contribution < -0.4 is 0 Å². The van der Waals surface area contributed by atoms with Gasteiger partial charge in [-0.2, -0.15) is 0 Å². The summed E-state index contributed by atoms with van der Waals surface area (Å²) in [4.78, 5) is 2.21. The summed E-state index contributed by atoms with van der Waals surface area (Å²) in [6, 6.07) is 0.365. The van der Waals surface area contributed by atoms with Crippen molar-refractivity contribution in [3.63, 3.8) is 0 Å². The van der Waals surface area contributed by atoms with Crippen LogP contribution >= 0.6 is 0 Å². The number of rotatable bonds is 1. The van der Waals surface area contributed by atoms with Crippen molar-refractivity contribution in [2.24, 2.45) is 16.7 Å². The van der Waals surface area contributed by atoms with E-state index in [4.69, 9.17) is 0 Å². The molecule has 82 valence electrons. The monoisotopic (exact) mass is 197 g/mol. The third-order valence-electron chi connectivity index (χ3n) is 5.36. The molecule has 0 amide bonds. The van der Waals surface area contributed by atoms with Crippen LogP contribution in [0, 0.1) is 16.7 Å². The summed E-state index contributed by atoms with van der Waals surface area (Å²) >= 11 is 0. The lowest BCUT2D eigenvalue weighted by molar-refractivity contribution is -0.0195. The first kappa shape index (κ1) is 10.4. The van der Waals surface area contributed by atoms with E-state index >= 15 is 0 Å². The van der Waals surface area contributed by atoms with Crippen molar-refractivity contribution in [3.8, 4) is 0 Å². The van der Waals surface area contributed by atoms with E-state index in [9.17, 15) is 5.11 Å². The third kappa shape index (κ3) is 0.938. The highest BCUT2D eigenvalue weighted by Gasteiger charge is 2.66. The van der Waals surface area contributed by atoms with Gasteiger partial charge in [-0.15, -0.1) is 0 Å². The fourth-order valence-corrected chi connectivity index (χ4v) is 3.93. The van der Waals surface area contributed by atoms with Gasteiger partial charge in [0.1, 0.15) is 0 Å². The Morgan fingerprint density at radius 1 is 1.21 bits per heavy atom. The molecule has 14 heavy (non-hydrogen) atoms. The number of fused-ring (bicyclic) bond motifs is 2. The normalized spacial score (nSPS) is 50.4. The van der Waals surface area contributed by atoms with E-state index in [-0.39, 0.29) is 11.5 Å². The maximum Gasteiger partial charge on any atom is 0.0756 e. The molecule has 3 unspecified atom stereocenters. The van der Waals surface area contributed by atoms with Gasteiger partial charge in [-0.3, -0.25) is 0 Å². The zero-order valence-corrected chi connectivity index (χ0v) is 10.0. The molecule has 2 rings (SSSR count). The molecule has 0 spiro atoms. The van der Waals surface area contributed by atoms with Crippen molar-refractivity contribution >= 4 is 0 Å². The van der Waals surface area contributed by atoms with Crippen LogP contribution in [0.1, 0.15) is 33.6 Å². The molecule has 2 aliphatic rings. The zero-order chi connectivity index (χ0) is 10.7. The van der Waals surface area contributed by atoms with E-state index in [0.29, 0.717) is 17.4 Å². The predicted octanol–water partition coefficient (Wildman–Crippen LogP) is 1.73. The molecule has 2 heteroatoms. The highest BCUT2D eigenvalue weighted by molar-refractivity contribution is 5.16. The third-order valence-corrected chi connectivity index (χ3v) is 5.36. The van der Waals surface area contributed by atoms with Gasteiger partial charge in [-0.1, -0.05) is 20.8 Å². The summed E-state index contributed by atoms with van der Waals surface area (Å²) in [5.74, 6) is 0.664. The SMILES string of the molecule is CN(C)C1C2CCC(C)([C@@H]1O)C2(C)C. The molecular formula is C12H23NO. The lowest BCUT2D eigenvalue weighted by atomic mass is 9.70. The van der Waals surface area contributed by atoms with Gasteiger partial charge in [-0.05, 0) is 38.3 Å². The Balaban J connectivity index is 2.39. The summed E-state index contributed by atoms with van der Waals surface area (Å²) in [5.41, 5.74) is 0.425. The van der Waals surface area contributed by atoms with Gasteiger partial charge in [0.25, 0.3) is 0 Å².